The molecule has 0 aliphatic carbocycles. The van der Waals surface area contributed by atoms with Crippen LogP contribution in [-0.4, -0.2) is 5.91 Å². The third-order valence-electron chi connectivity index (χ3n) is 3.35. The van der Waals surface area contributed by atoms with Crippen molar-refractivity contribution in [1.29, 1.82) is 0 Å². The van der Waals surface area contributed by atoms with Crippen molar-refractivity contribution >= 4 is 5.91 Å². The first kappa shape index (κ1) is 14.3. The van der Waals surface area contributed by atoms with Gasteiger partial charge < -0.3 is 5.32 Å². The molecule has 2 heteroatoms. The molecule has 0 spiro atoms. The second kappa shape index (κ2) is 6.90. The Morgan fingerprint density at radius 1 is 0.950 bits per heavy atom. The zero-order chi connectivity index (χ0) is 14.4. The molecule has 0 heterocycles. The van der Waals surface area contributed by atoms with Crippen LogP contribution in [0, 0.1) is 5.92 Å². The molecule has 1 atom stereocenters. The quantitative estimate of drug-likeness (QED) is 0.878. The molecule has 2 aromatic carbocycles. The molecule has 1 unspecified atom stereocenters. The molecule has 0 bridgehead atoms. The van der Waals surface area contributed by atoms with Gasteiger partial charge >= 0.3 is 0 Å². The highest BCUT2D eigenvalue weighted by molar-refractivity contribution is 5.79. The molecule has 104 valence electrons. The monoisotopic (exact) mass is 267 g/mol. The standard InChI is InChI=1S/C18H21NO/c1-14(2)18(16-11-7-4-8-12-16)19-17(20)13-15-9-5-3-6-10-15/h3-12,14,18H,13H2,1-2H3,(H,19,20). The average molecular weight is 267 g/mol. The molecule has 2 aromatic rings. The van der Waals surface area contributed by atoms with Crippen LogP contribution in [-0.2, 0) is 11.2 Å². The molecule has 1 amide bonds. The van der Waals surface area contributed by atoms with E-state index in [9.17, 15) is 4.79 Å². The number of benzene rings is 2. The van der Waals surface area contributed by atoms with Crippen LogP contribution in [0.2, 0.25) is 0 Å². The molecule has 20 heavy (non-hydrogen) atoms. The van der Waals surface area contributed by atoms with Gasteiger partial charge in [0.25, 0.3) is 0 Å². The van der Waals surface area contributed by atoms with Crippen LogP contribution in [0.5, 0.6) is 0 Å². The van der Waals surface area contributed by atoms with Crippen molar-refractivity contribution in [2.24, 2.45) is 5.92 Å². The van der Waals surface area contributed by atoms with Gasteiger partial charge in [-0.3, -0.25) is 4.79 Å². The highest BCUT2D eigenvalue weighted by atomic mass is 16.1. The van der Waals surface area contributed by atoms with Gasteiger partial charge in [-0.25, -0.2) is 0 Å². The molecular formula is C18H21NO. The predicted octanol–water partition coefficient (Wildman–Crippen LogP) is 3.74. The summed E-state index contributed by atoms with van der Waals surface area (Å²) in [4.78, 5) is 12.2. The van der Waals surface area contributed by atoms with E-state index >= 15 is 0 Å². The Hall–Kier alpha value is -2.09. The number of hydrogen-bond donors (Lipinski definition) is 1. The number of rotatable bonds is 5. The van der Waals surface area contributed by atoms with Gasteiger partial charge in [-0.05, 0) is 17.0 Å². The summed E-state index contributed by atoms with van der Waals surface area (Å²) < 4.78 is 0. The molecule has 0 aliphatic rings. The van der Waals surface area contributed by atoms with Crippen LogP contribution in [0.15, 0.2) is 60.7 Å². The van der Waals surface area contributed by atoms with E-state index in [1.807, 2.05) is 48.5 Å². The van der Waals surface area contributed by atoms with Crippen molar-refractivity contribution in [2.45, 2.75) is 26.3 Å². The summed E-state index contributed by atoms with van der Waals surface area (Å²) in [5, 5.41) is 3.14. The lowest BCUT2D eigenvalue weighted by Crippen LogP contribution is -2.32. The Labute approximate surface area is 120 Å². The van der Waals surface area contributed by atoms with Crippen LogP contribution < -0.4 is 5.32 Å². The lowest BCUT2D eigenvalue weighted by Gasteiger charge is -2.23. The maximum atomic E-state index is 12.2. The lowest BCUT2D eigenvalue weighted by atomic mass is 9.96. The van der Waals surface area contributed by atoms with Crippen molar-refractivity contribution in [3.63, 3.8) is 0 Å². The number of carbonyl (C=O) groups excluding carboxylic acids is 1. The molecule has 1 N–H and O–H groups in total. The SMILES string of the molecule is CC(C)C(NC(=O)Cc1ccccc1)c1ccccc1. The van der Waals surface area contributed by atoms with Gasteiger partial charge in [0.1, 0.15) is 0 Å². The van der Waals surface area contributed by atoms with E-state index in [-0.39, 0.29) is 11.9 Å². The minimum Gasteiger partial charge on any atom is -0.349 e. The van der Waals surface area contributed by atoms with Crippen molar-refractivity contribution in [1.82, 2.24) is 5.32 Å². The Bertz CT molecular complexity index is 534. The van der Waals surface area contributed by atoms with Gasteiger partial charge in [-0.1, -0.05) is 74.5 Å². The largest absolute Gasteiger partial charge is 0.349 e. The minimum absolute atomic E-state index is 0.0624. The summed E-state index contributed by atoms with van der Waals surface area (Å²) in [6, 6.07) is 20.0. The third kappa shape index (κ3) is 3.95. The van der Waals surface area contributed by atoms with Crippen molar-refractivity contribution < 1.29 is 4.79 Å². The number of amides is 1. The molecule has 0 saturated carbocycles. The van der Waals surface area contributed by atoms with Crippen LogP contribution in [0.3, 0.4) is 0 Å². The second-order valence-electron chi connectivity index (χ2n) is 5.36. The summed E-state index contributed by atoms with van der Waals surface area (Å²) in [6.07, 6.45) is 0.427. The van der Waals surface area contributed by atoms with Gasteiger partial charge in [0.05, 0.1) is 12.5 Å². The van der Waals surface area contributed by atoms with E-state index in [1.54, 1.807) is 0 Å². The highest BCUT2D eigenvalue weighted by Gasteiger charge is 2.17. The van der Waals surface area contributed by atoms with Gasteiger partial charge in [-0.15, -0.1) is 0 Å². The zero-order valence-corrected chi connectivity index (χ0v) is 12.0. The molecular weight excluding hydrogens is 246 g/mol. The fraction of sp³-hybridized carbons (Fsp3) is 0.278. The fourth-order valence-electron chi connectivity index (χ4n) is 2.30. The van der Waals surface area contributed by atoms with Crippen LogP contribution in [0.4, 0.5) is 0 Å². The first-order valence-electron chi connectivity index (χ1n) is 7.05. The first-order valence-corrected chi connectivity index (χ1v) is 7.05. The third-order valence-corrected chi connectivity index (χ3v) is 3.35. The summed E-state index contributed by atoms with van der Waals surface area (Å²) in [5.41, 5.74) is 2.20. The summed E-state index contributed by atoms with van der Waals surface area (Å²) in [7, 11) is 0. The van der Waals surface area contributed by atoms with Gasteiger partial charge in [0.2, 0.25) is 5.91 Å². The van der Waals surface area contributed by atoms with Gasteiger partial charge in [0.15, 0.2) is 0 Å². The normalized spacial score (nSPS) is 12.2. The van der Waals surface area contributed by atoms with Crippen molar-refractivity contribution in [2.75, 3.05) is 0 Å². The van der Waals surface area contributed by atoms with E-state index in [0.29, 0.717) is 12.3 Å². The van der Waals surface area contributed by atoms with Gasteiger partial charge in [0, 0.05) is 0 Å². The predicted molar refractivity (Wildman–Crippen MR) is 82.3 cm³/mol. The number of nitrogens with one attached hydrogen (secondary N) is 1. The maximum Gasteiger partial charge on any atom is 0.224 e. The Morgan fingerprint density at radius 3 is 2.05 bits per heavy atom. The molecule has 0 fully saturated rings. The molecule has 0 aromatic heterocycles. The Kier molecular flexibility index (Phi) is 4.94. The zero-order valence-electron chi connectivity index (χ0n) is 12.0. The molecule has 2 rings (SSSR count). The first-order chi connectivity index (χ1) is 9.66. The molecule has 2 nitrogen and oxygen atoms in total. The Balaban J connectivity index is 2.04. The average Bonchev–Trinajstić information content (AvgIpc) is 2.46. The molecule has 0 aliphatic heterocycles. The maximum absolute atomic E-state index is 12.2. The summed E-state index contributed by atoms with van der Waals surface area (Å²) in [5.74, 6) is 0.427. The highest BCUT2D eigenvalue weighted by Crippen LogP contribution is 2.21. The minimum atomic E-state index is 0.0624. The van der Waals surface area contributed by atoms with Crippen molar-refractivity contribution in [3.05, 3.63) is 71.8 Å². The topological polar surface area (TPSA) is 29.1 Å². The summed E-state index contributed by atoms with van der Waals surface area (Å²) >= 11 is 0. The Morgan fingerprint density at radius 2 is 1.50 bits per heavy atom. The number of hydrogen-bond acceptors (Lipinski definition) is 1. The van der Waals surface area contributed by atoms with E-state index in [4.69, 9.17) is 0 Å². The smallest absolute Gasteiger partial charge is 0.224 e. The summed E-state index contributed by atoms with van der Waals surface area (Å²) in [6.45, 7) is 4.25. The molecule has 0 saturated heterocycles. The van der Waals surface area contributed by atoms with Crippen LogP contribution in [0.1, 0.15) is 31.0 Å². The van der Waals surface area contributed by atoms with Gasteiger partial charge in [-0.2, -0.15) is 0 Å². The lowest BCUT2D eigenvalue weighted by molar-refractivity contribution is -0.121. The van der Waals surface area contributed by atoms with E-state index in [1.165, 1.54) is 0 Å². The number of carbonyl (C=O) groups is 1. The second-order valence-corrected chi connectivity index (χ2v) is 5.36. The van der Waals surface area contributed by atoms with Crippen LogP contribution in [0.25, 0.3) is 0 Å². The molecule has 0 radical (unpaired) electrons. The van der Waals surface area contributed by atoms with Crippen LogP contribution >= 0.6 is 0 Å². The van der Waals surface area contributed by atoms with E-state index in [0.717, 1.165) is 11.1 Å². The van der Waals surface area contributed by atoms with Crippen molar-refractivity contribution in [3.8, 4) is 0 Å². The van der Waals surface area contributed by atoms with E-state index < -0.39 is 0 Å². The van der Waals surface area contributed by atoms with E-state index in [2.05, 4.69) is 31.3 Å². The fourth-order valence-corrected chi connectivity index (χ4v) is 2.30.